The SMILES string of the molecule is N#CN1CCCCCCCCNNN1. The van der Waals surface area contributed by atoms with Gasteiger partial charge in [-0.3, -0.25) is 0 Å². The molecular formula is C9H19N5. The van der Waals surface area contributed by atoms with Gasteiger partial charge in [0.2, 0.25) is 0 Å². The molecule has 1 heterocycles. The predicted molar refractivity (Wildman–Crippen MR) is 54.3 cm³/mol. The van der Waals surface area contributed by atoms with E-state index in [9.17, 15) is 0 Å². The molecule has 0 amide bonds. The lowest BCUT2D eigenvalue weighted by atomic mass is 10.1. The summed E-state index contributed by atoms with van der Waals surface area (Å²) < 4.78 is 0. The van der Waals surface area contributed by atoms with Gasteiger partial charge in [0.15, 0.2) is 6.19 Å². The first-order chi connectivity index (χ1) is 6.93. The van der Waals surface area contributed by atoms with E-state index < -0.39 is 0 Å². The van der Waals surface area contributed by atoms with E-state index >= 15 is 0 Å². The minimum absolute atomic E-state index is 0.769. The highest BCUT2D eigenvalue weighted by molar-refractivity contribution is 4.67. The highest BCUT2D eigenvalue weighted by atomic mass is 15.8. The van der Waals surface area contributed by atoms with Crippen LogP contribution in [0.25, 0.3) is 0 Å². The molecule has 1 rings (SSSR count). The zero-order chi connectivity index (χ0) is 10.1. The smallest absolute Gasteiger partial charge is 0.196 e. The second-order valence-corrected chi connectivity index (χ2v) is 3.54. The average Bonchev–Trinajstić information content (AvgIpc) is 2.19. The fourth-order valence-electron chi connectivity index (χ4n) is 1.49. The number of hydrogen-bond acceptors (Lipinski definition) is 5. The van der Waals surface area contributed by atoms with Crippen LogP contribution in [0.15, 0.2) is 0 Å². The molecule has 1 aliphatic rings. The number of nitrogens with one attached hydrogen (secondary N) is 3. The number of nitrogens with zero attached hydrogens (tertiary/aromatic N) is 2. The molecule has 3 N–H and O–H groups in total. The van der Waals surface area contributed by atoms with Crippen LogP contribution in [0, 0.1) is 11.5 Å². The van der Waals surface area contributed by atoms with E-state index in [-0.39, 0.29) is 0 Å². The number of hydrogen-bond donors (Lipinski definition) is 3. The molecule has 0 unspecified atom stereocenters. The van der Waals surface area contributed by atoms with E-state index in [1.165, 1.54) is 37.1 Å². The van der Waals surface area contributed by atoms with Gasteiger partial charge in [-0.1, -0.05) is 25.7 Å². The van der Waals surface area contributed by atoms with E-state index in [0.717, 1.165) is 19.5 Å². The standard InChI is InChI=1S/C9H19N5/c10-9-14-8-6-4-2-1-3-5-7-11-12-13-14/h11-13H,1-8H2. The van der Waals surface area contributed by atoms with Crippen molar-refractivity contribution in [2.24, 2.45) is 0 Å². The van der Waals surface area contributed by atoms with Crippen molar-refractivity contribution >= 4 is 0 Å². The van der Waals surface area contributed by atoms with Gasteiger partial charge in [0.25, 0.3) is 0 Å². The molecule has 5 heteroatoms. The lowest BCUT2D eigenvalue weighted by Crippen LogP contribution is -2.51. The van der Waals surface area contributed by atoms with E-state index in [0.29, 0.717) is 0 Å². The fourth-order valence-corrected chi connectivity index (χ4v) is 1.49. The van der Waals surface area contributed by atoms with Crippen molar-refractivity contribution in [1.29, 1.82) is 5.26 Å². The van der Waals surface area contributed by atoms with Gasteiger partial charge in [0.05, 0.1) is 0 Å². The van der Waals surface area contributed by atoms with E-state index in [1.54, 1.807) is 0 Å². The van der Waals surface area contributed by atoms with Gasteiger partial charge < -0.3 is 0 Å². The molecule has 1 aliphatic heterocycles. The van der Waals surface area contributed by atoms with Gasteiger partial charge >= 0.3 is 0 Å². The van der Waals surface area contributed by atoms with Crippen molar-refractivity contribution in [2.75, 3.05) is 13.1 Å². The minimum atomic E-state index is 0.769. The maximum absolute atomic E-state index is 8.74. The van der Waals surface area contributed by atoms with E-state index in [4.69, 9.17) is 5.26 Å². The summed E-state index contributed by atoms with van der Waals surface area (Å²) in [6.45, 7) is 1.71. The van der Waals surface area contributed by atoms with Crippen molar-refractivity contribution in [2.45, 2.75) is 38.5 Å². The monoisotopic (exact) mass is 197 g/mol. The molecule has 1 saturated heterocycles. The second-order valence-electron chi connectivity index (χ2n) is 3.54. The Morgan fingerprint density at radius 2 is 1.71 bits per heavy atom. The Labute approximate surface area is 85.4 Å². The maximum atomic E-state index is 8.74. The Morgan fingerprint density at radius 3 is 2.50 bits per heavy atom. The quantitative estimate of drug-likeness (QED) is 0.497. The summed E-state index contributed by atoms with van der Waals surface area (Å²) in [7, 11) is 0. The summed E-state index contributed by atoms with van der Waals surface area (Å²) in [5, 5.41) is 10.3. The molecule has 0 aromatic heterocycles. The van der Waals surface area contributed by atoms with E-state index in [2.05, 4.69) is 22.7 Å². The average molecular weight is 197 g/mol. The molecule has 1 fully saturated rings. The first-order valence-electron chi connectivity index (χ1n) is 5.34. The third-order valence-corrected chi connectivity index (χ3v) is 2.33. The highest BCUT2D eigenvalue weighted by Crippen LogP contribution is 2.05. The van der Waals surface area contributed by atoms with Gasteiger partial charge in [0, 0.05) is 13.1 Å². The van der Waals surface area contributed by atoms with Gasteiger partial charge in [0.1, 0.15) is 0 Å². The number of nitriles is 1. The Hall–Kier alpha value is -0.830. The van der Waals surface area contributed by atoms with Gasteiger partial charge in [-0.25, -0.2) is 10.4 Å². The predicted octanol–water partition coefficient (Wildman–Crippen LogP) is 0.637. The van der Waals surface area contributed by atoms with Gasteiger partial charge in [-0.15, -0.1) is 5.53 Å². The third-order valence-electron chi connectivity index (χ3n) is 2.33. The Morgan fingerprint density at radius 1 is 1.00 bits per heavy atom. The molecule has 0 aromatic carbocycles. The summed E-state index contributed by atoms with van der Waals surface area (Å²) in [4.78, 5) is 0. The van der Waals surface area contributed by atoms with Crippen molar-refractivity contribution in [1.82, 2.24) is 21.5 Å². The van der Waals surface area contributed by atoms with Crippen molar-refractivity contribution < 1.29 is 0 Å². The van der Waals surface area contributed by atoms with Crippen molar-refractivity contribution in [3.05, 3.63) is 0 Å². The first-order valence-corrected chi connectivity index (χ1v) is 5.34. The van der Waals surface area contributed by atoms with Crippen LogP contribution >= 0.6 is 0 Å². The molecular weight excluding hydrogens is 178 g/mol. The van der Waals surface area contributed by atoms with Crippen molar-refractivity contribution in [3.63, 3.8) is 0 Å². The van der Waals surface area contributed by atoms with Crippen LogP contribution in [0.3, 0.4) is 0 Å². The molecule has 0 aliphatic carbocycles. The van der Waals surface area contributed by atoms with Gasteiger partial charge in [-0.05, 0) is 12.8 Å². The molecule has 0 aromatic rings. The fraction of sp³-hybridized carbons (Fsp3) is 0.889. The molecule has 80 valence electrons. The molecule has 0 radical (unpaired) electrons. The normalized spacial score (nSPS) is 21.8. The third kappa shape index (κ3) is 5.02. The molecule has 0 spiro atoms. The topological polar surface area (TPSA) is 63.1 Å². The highest BCUT2D eigenvalue weighted by Gasteiger charge is 2.00. The van der Waals surface area contributed by atoms with Gasteiger partial charge in [-0.2, -0.15) is 10.8 Å². The summed E-state index contributed by atoms with van der Waals surface area (Å²) in [6.07, 6.45) is 9.42. The molecule has 0 saturated carbocycles. The molecule has 0 bridgehead atoms. The largest absolute Gasteiger partial charge is 0.243 e. The number of rotatable bonds is 0. The lowest BCUT2D eigenvalue weighted by Gasteiger charge is -2.18. The zero-order valence-corrected chi connectivity index (χ0v) is 8.55. The Bertz CT molecular complexity index is 165. The van der Waals surface area contributed by atoms with Crippen LogP contribution in [0.1, 0.15) is 38.5 Å². The molecule has 14 heavy (non-hydrogen) atoms. The van der Waals surface area contributed by atoms with Crippen LogP contribution < -0.4 is 16.5 Å². The van der Waals surface area contributed by atoms with Crippen LogP contribution in [0.5, 0.6) is 0 Å². The summed E-state index contributed by atoms with van der Waals surface area (Å²) in [6, 6.07) is 0. The Kier molecular flexibility index (Phi) is 6.07. The van der Waals surface area contributed by atoms with Crippen LogP contribution in [-0.4, -0.2) is 18.1 Å². The molecule has 5 nitrogen and oxygen atoms in total. The van der Waals surface area contributed by atoms with Crippen LogP contribution in [0.2, 0.25) is 0 Å². The first kappa shape index (κ1) is 11.2. The van der Waals surface area contributed by atoms with Crippen LogP contribution in [-0.2, 0) is 0 Å². The second kappa shape index (κ2) is 7.56. The summed E-state index contributed by atoms with van der Waals surface area (Å²) >= 11 is 0. The Balaban J connectivity index is 2.21. The molecule has 0 atom stereocenters. The maximum Gasteiger partial charge on any atom is 0.196 e. The van der Waals surface area contributed by atoms with E-state index in [1.807, 2.05) is 0 Å². The zero-order valence-electron chi connectivity index (χ0n) is 8.55. The summed E-state index contributed by atoms with van der Waals surface area (Å²) in [5.41, 5.74) is 8.62. The van der Waals surface area contributed by atoms with Crippen LogP contribution in [0.4, 0.5) is 0 Å². The number of hydrazine groups is 3. The summed E-state index contributed by atoms with van der Waals surface area (Å²) in [5.74, 6) is 0. The lowest BCUT2D eigenvalue weighted by molar-refractivity contribution is 0.202. The minimum Gasteiger partial charge on any atom is -0.243 e. The van der Waals surface area contributed by atoms with Crippen molar-refractivity contribution in [3.8, 4) is 6.19 Å².